The number of benzene rings is 1. The number of halogens is 3. The van der Waals surface area contributed by atoms with Gasteiger partial charge in [-0.3, -0.25) is 9.69 Å². The van der Waals surface area contributed by atoms with Crippen molar-refractivity contribution in [3.8, 4) is 11.3 Å². The van der Waals surface area contributed by atoms with Crippen LogP contribution in [0.2, 0.25) is 0 Å². The summed E-state index contributed by atoms with van der Waals surface area (Å²) in [6.07, 6.45) is -0.354. The number of rotatable bonds is 6. The normalized spacial score (nSPS) is 15.4. The number of alkyl halides is 3. The zero-order valence-electron chi connectivity index (χ0n) is 16.8. The fourth-order valence-electron chi connectivity index (χ4n) is 3.43. The lowest BCUT2D eigenvalue weighted by molar-refractivity contribution is -0.137. The largest absolute Gasteiger partial charge is 0.416 e. The predicted octanol–water partition coefficient (Wildman–Crippen LogP) is 4.87. The molecule has 1 N–H and O–H groups in total. The molecule has 0 bridgehead atoms. The number of hydrogen-bond donors (Lipinski definition) is 1. The van der Waals surface area contributed by atoms with E-state index in [0.717, 1.165) is 37.8 Å². The first kappa shape index (κ1) is 21.4. The summed E-state index contributed by atoms with van der Waals surface area (Å²) in [7, 11) is 1.91. The highest BCUT2D eigenvalue weighted by atomic mass is 19.4. The molecule has 0 atom stereocenters. The van der Waals surface area contributed by atoms with Crippen molar-refractivity contribution in [2.75, 3.05) is 7.05 Å². The van der Waals surface area contributed by atoms with E-state index < -0.39 is 11.7 Å². The number of nitrogens with zero attached hydrogens (tertiary/aromatic N) is 2. The van der Waals surface area contributed by atoms with E-state index in [-0.39, 0.29) is 23.7 Å². The Hall–Kier alpha value is -2.35. The van der Waals surface area contributed by atoms with Crippen molar-refractivity contribution < 1.29 is 22.5 Å². The van der Waals surface area contributed by atoms with Crippen LogP contribution >= 0.6 is 0 Å². The van der Waals surface area contributed by atoms with Crippen LogP contribution in [0, 0.1) is 0 Å². The molecule has 1 aromatic heterocycles. The molecule has 3 rings (SSSR count). The maximum Gasteiger partial charge on any atom is 0.416 e. The molecule has 0 spiro atoms. The highest BCUT2D eigenvalue weighted by Gasteiger charge is 2.31. The van der Waals surface area contributed by atoms with Gasteiger partial charge in [-0.05, 0) is 45.9 Å². The smallest absolute Gasteiger partial charge is 0.355 e. The predicted molar refractivity (Wildman–Crippen MR) is 103 cm³/mol. The highest BCUT2D eigenvalue weighted by molar-refractivity contribution is 5.95. The molecular formula is C21H26F3N3O2. The fraction of sp³-hybridized carbons (Fsp3) is 0.524. The molecule has 0 saturated heterocycles. The van der Waals surface area contributed by atoms with Crippen LogP contribution in [0.25, 0.3) is 11.3 Å². The Kier molecular flexibility index (Phi) is 6.31. The van der Waals surface area contributed by atoms with E-state index in [9.17, 15) is 18.0 Å². The van der Waals surface area contributed by atoms with Crippen LogP contribution in [0.4, 0.5) is 13.2 Å². The summed E-state index contributed by atoms with van der Waals surface area (Å²) in [6, 6.07) is 5.04. The van der Waals surface area contributed by atoms with E-state index in [0.29, 0.717) is 23.4 Å². The summed E-state index contributed by atoms with van der Waals surface area (Å²) in [4.78, 5) is 14.8. The van der Waals surface area contributed by atoms with Crippen molar-refractivity contribution in [2.45, 2.75) is 64.3 Å². The van der Waals surface area contributed by atoms with Crippen LogP contribution in [0.15, 0.2) is 28.8 Å². The van der Waals surface area contributed by atoms with E-state index in [1.807, 2.05) is 25.8 Å². The lowest BCUT2D eigenvalue weighted by Gasteiger charge is -2.21. The molecule has 29 heavy (non-hydrogen) atoms. The van der Waals surface area contributed by atoms with E-state index in [2.05, 4.69) is 10.5 Å². The molecule has 2 aromatic rings. The molecule has 0 aliphatic heterocycles. The van der Waals surface area contributed by atoms with Gasteiger partial charge in [-0.2, -0.15) is 13.2 Å². The van der Waals surface area contributed by atoms with Gasteiger partial charge >= 0.3 is 6.18 Å². The second-order valence-electron chi connectivity index (χ2n) is 7.88. The second kappa shape index (κ2) is 8.57. The molecule has 1 fully saturated rings. The molecule has 158 valence electrons. The number of hydrogen-bond acceptors (Lipinski definition) is 4. The maximum absolute atomic E-state index is 12.9. The van der Waals surface area contributed by atoms with Crippen molar-refractivity contribution in [2.24, 2.45) is 0 Å². The van der Waals surface area contributed by atoms with Gasteiger partial charge in [0.05, 0.1) is 5.56 Å². The van der Waals surface area contributed by atoms with Crippen LogP contribution in [0.5, 0.6) is 0 Å². The van der Waals surface area contributed by atoms with Crippen LogP contribution < -0.4 is 5.32 Å². The van der Waals surface area contributed by atoms with Crippen LogP contribution in [0.1, 0.15) is 61.1 Å². The summed E-state index contributed by atoms with van der Waals surface area (Å²) >= 11 is 0. The van der Waals surface area contributed by atoms with Crippen LogP contribution in [-0.4, -0.2) is 35.1 Å². The molecule has 5 nitrogen and oxygen atoms in total. The molecule has 0 unspecified atom stereocenters. The van der Waals surface area contributed by atoms with Crippen molar-refractivity contribution in [1.82, 2.24) is 15.4 Å². The van der Waals surface area contributed by atoms with Gasteiger partial charge in [0.1, 0.15) is 0 Å². The molecule has 1 aliphatic carbocycles. The van der Waals surface area contributed by atoms with Crippen molar-refractivity contribution in [3.05, 3.63) is 41.1 Å². The Bertz CT molecular complexity index is 838. The third-order valence-electron chi connectivity index (χ3n) is 5.46. The molecular weight excluding hydrogens is 383 g/mol. The Labute approximate surface area is 168 Å². The minimum absolute atomic E-state index is 0.129. The monoisotopic (exact) mass is 409 g/mol. The van der Waals surface area contributed by atoms with E-state index in [4.69, 9.17) is 4.52 Å². The van der Waals surface area contributed by atoms with Gasteiger partial charge in [0.15, 0.2) is 11.5 Å². The van der Waals surface area contributed by atoms with Crippen LogP contribution in [0.3, 0.4) is 0 Å². The first-order valence-electron chi connectivity index (χ1n) is 9.84. The Morgan fingerprint density at radius 1 is 1.24 bits per heavy atom. The Balaban J connectivity index is 1.93. The van der Waals surface area contributed by atoms with Gasteiger partial charge in [-0.1, -0.05) is 30.1 Å². The number of carbonyl (C=O) groups is 1. The third kappa shape index (κ3) is 4.98. The average molecular weight is 409 g/mol. The molecule has 1 aliphatic rings. The van der Waals surface area contributed by atoms with E-state index >= 15 is 0 Å². The summed E-state index contributed by atoms with van der Waals surface area (Å²) in [6.45, 7) is 4.43. The lowest BCUT2D eigenvalue weighted by atomic mass is 10.0. The zero-order valence-corrected chi connectivity index (χ0v) is 16.8. The van der Waals surface area contributed by atoms with Crippen molar-refractivity contribution >= 4 is 5.91 Å². The van der Waals surface area contributed by atoms with Crippen molar-refractivity contribution in [3.63, 3.8) is 0 Å². The summed E-state index contributed by atoms with van der Waals surface area (Å²) in [5.41, 5.74) is 0.495. The SMILES string of the molecule is CC(C)N(C)Cc1c(C(=O)NC2CCCC2)noc1-c1ccc(C(F)(F)F)cc1. The Morgan fingerprint density at radius 3 is 2.41 bits per heavy atom. The quantitative estimate of drug-likeness (QED) is 0.739. The van der Waals surface area contributed by atoms with E-state index in [1.165, 1.54) is 12.1 Å². The number of amides is 1. The Morgan fingerprint density at radius 2 is 1.86 bits per heavy atom. The summed E-state index contributed by atoms with van der Waals surface area (Å²) < 4.78 is 44.1. The van der Waals surface area contributed by atoms with Gasteiger partial charge < -0.3 is 9.84 Å². The standard InChI is InChI=1S/C21H26F3N3O2/c1-13(2)27(3)12-17-18(20(28)25-16-6-4-5-7-16)26-29-19(17)14-8-10-15(11-9-14)21(22,23)24/h8-11,13,16H,4-7,12H2,1-3H3,(H,25,28). The van der Waals surface area contributed by atoms with Gasteiger partial charge in [0.2, 0.25) is 0 Å². The molecule has 1 amide bonds. The minimum atomic E-state index is -4.41. The number of carbonyl (C=O) groups excluding carboxylic acids is 1. The zero-order chi connectivity index (χ0) is 21.2. The summed E-state index contributed by atoms with van der Waals surface area (Å²) in [5, 5.41) is 6.99. The number of aromatic nitrogens is 1. The van der Waals surface area contributed by atoms with Crippen LogP contribution in [-0.2, 0) is 12.7 Å². The highest BCUT2D eigenvalue weighted by Crippen LogP contribution is 2.33. The van der Waals surface area contributed by atoms with Gasteiger partial charge in [-0.25, -0.2) is 0 Å². The van der Waals surface area contributed by atoms with E-state index in [1.54, 1.807) is 0 Å². The first-order chi connectivity index (χ1) is 13.7. The van der Waals surface area contributed by atoms with Gasteiger partial charge in [0, 0.05) is 29.8 Å². The average Bonchev–Trinajstić information content (AvgIpc) is 3.30. The molecule has 1 heterocycles. The van der Waals surface area contributed by atoms with Crippen molar-refractivity contribution in [1.29, 1.82) is 0 Å². The summed E-state index contributed by atoms with van der Waals surface area (Å²) in [5.74, 6) is 0.0220. The molecule has 0 radical (unpaired) electrons. The first-order valence-corrected chi connectivity index (χ1v) is 9.84. The topological polar surface area (TPSA) is 58.4 Å². The minimum Gasteiger partial charge on any atom is -0.355 e. The third-order valence-corrected chi connectivity index (χ3v) is 5.46. The fourth-order valence-corrected chi connectivity index (χ4v) is 3.43. The second-order valence-corrected chi connectivity index (χ2v) is 7.88. The number of nitrogens with one attached hydrogen (secondary N) is 1. The molecule has 1 saturated carbocycles. The molecule has 1 aromatic carbocycles. The van der Waals surface area contributed by atoms with Gasteiger partial charge in [-0.15, -0.1) is 0 Å². The maximum atomic E-state index is 12.9. The molecule has 8 heteroatoms. The van der Waals surface area contributed by atoms with Gasteiger partial charge in [0.25, 0.3) is 5.91 Å². The lowest BCUT2D eigenvalue weighted by Crippen LogP contribution is -2.34.